The minimum atomic E-state index is 0.267. The van der Waals surface area contributed by atoms with Gasteiger partial charge < -0.3 is 19.1 Å². The molecule has 2 saturated heterocycles. The van der Waals surface area contributed by atoms with E-state index in [-0.39, 0.29) is 6.10 Å². The Morgan fingerprint density at radius 2 is 2.12 bits per heavy atom. The van der Waals surface area contributed by atoms with E-state index in [0.717, 1.165) is 62.9 Å². The second-order valence-corrected chi connectivity index (χ2v) is 7.57. The van der Waals surface area contributed by atoms with Gasteiger partial charge in [0.15, 0.2) is 11.0 Å². The van der Waals surface area contributed by atoms with Crippen molar-refractivity contribution in [2.45, 2.75) is 62.1 Å². The first kappa shape index (κ1) is 17.0. The zero-order chi connectivity index (χ0) is 17.1. The Morgan fingerprint density at radius 3 is 2.84 bits per heavy atom. The second-order valence-electron chi connectivity index (χ2n) is 6.63. The second kappa shape index (κ2) is 7.84. The number of nitrogens with zero attached hydrogens (tertiary/aromatic N) is 5. The summed E-state index contributed by atoms with van der Waals surface area (Å²) in [5, 5.41) is 17.3. The van der Waals surface area contributed by atoms with E-state index in [4.69, 9.17) is 9.26 Å². The Hall–Kier alpha value is -1.45. The van der Waals surface area contributed by atoms with Gasteiger partial charge in [-0.05, 0) is 38.8 Å². The van der Waals surface area contributed by atoms with Crippen LogP contribution in [0.1, 0.15) is 49.1 Å². The highest BCUT2D eigenvalue weighted by Crippen LogP contribution is 2.30. The zero-order valence-corrected chi connectivity index (χ0v) is 15.3. The predicted octanol–water partition coefficient (Wildman–Crippen LogP) is 1.91. The summed E-state index contributed by atoms with van der Waals surface area (Å²) in [6.07, 6.45) is 4.73. The lowest BCUT2D eigenvalue weighted by Crippen LogP contribution is -2.29. The minimum absolute atomic E-state index is 0.267. The molecule has 0 radical (unpaired) electrons. The number of aromatic nitrogens is 5. The van der Waals surface area contributed by atoms with Gasteiger partial charge in [0.2, 0.25) is 5.89 Å². The van der Waals surface area contributed by atoms with Crippen molar-refractivity contribution in [3.8, 4) is 0 Å². The first-order chi connectivity index (χ1) is 12.3. The number of hydrogen-bond donors (Lipinski definition) is 1. The Kier molecular flexibility index (Phi) is 5.33. The van der Waals surface area contributed by atoms with Crippen LogP contribution in [0.2, 0.25) is 0 Å². The molecule has 2 aliphatic heterocycles. The first-order valence-electron chi connectivity index (χ1n) is 8.97. The molecule has 9 heteroatoms. The van der Waals surface area contributed by atoms with Crippen molar-refractivity contribution >= 4 is 11.8 Å². The third-order valence-corrected chi connectivity index (χ3v) is 5.72. The van der Waals surface area contributed by atoms with E-state index in [0.29, 0.717) is 23.4 Å². The molecule has 1 N–H and O–H groups in total. The van der Waals surface area contributed by atoms with E-state index in [1.165, 1.54) is 0 Å². The highest BCUT2D eigenvalue weighted by atomic mass is 32.2. The molecule has 136 valence electrons. The number of hydrogen-bond acceptors (Lipinski definition) is 8. The molecule has 2 aliphatic rings. The Balaban J connectivity index is 1.52. The first-order valence-corrected chi connectivity index (χ1v) is 9.95. The topological polar surface area (TPSA) is 90.9 Å². The van der Waals surface area contributed by atoms with Gasteiger partial charge in [0.05, 0.1) is 18.4 Å². The number of thioether (sulfide) groups is 1. The maximum Gasteiger partial charge on any atom is 0.223 e. The van der Waals surface area contributed by atoms with Crippen LogP contribution in [0.5, 0.6) is 0 Å². The molecule has 0 unspecified atom stereocenters. The van der Waals surface area contributed by atoms with Gasteiger partial charge in [-0.3, -0.25) is 0 Å². The largest absolute Gasteiger partial charge is 0.376 e. The lowest BCUT2D eigenvalue weighted by molar-refractivity contribution is 0.0936. The standard InChI is InChI=1S/C16H24N6O2S/c1-11-18-14(21-24-11)10-25-16-20-19-15(12-4-6-17-7-5-12)22(16)9-13-3-2-8-23-13/h12-13,17H,2-10H2,1H3/t13-/m0/s1. The fourth-order valence-electron chi connectivity index (χ4n) is 3.48. The molecule has 0 aromatic carbocycles. The van der Waals surface area contributed by atoms with Crippen LogP contribution in [-0.2, 0) is 17.0 Å². The molecule has 25 heavy (non-hydrogen) atoms. The van der Waals surface area contributed by atoms with Crippen LogP contribution < -0.4 is 5.32 Å². The van der Waals surface area contributed by atoms with Crippen LogP contribution in [0.3, 0.4) is 0 Å². The molecular formula is C16H24N6O2S. The molecule has 4 heterocycles. The monoisotopic (exact) mass is 364 g/mol. The average Bonchev–Trinajstić information content (AvgIpc) is 3.36. The molecule has 0 spiro atoms. The van der Waals surface area contributed by atoms with E-state index in [1.807, 2.05) is 0 Å². The summed E-state index contributed by atoms with van der Waals surface area (Å²) in [4.78, 5) is 4.27. The van der Waals surface area contributed by atoms with Gasteiger partial charge in [-0.15, -0.1) is 10.2 Å². The normalized spacial score (nSPS) is 21.9. The average molecular weight is 364 g/mol. The highest BCUT2D eigenvalue weighted by Gasteiger charge is 2.26. The van der Waals surface area contributed by atoms with E-state index < -0.39 is 0 Å². The molecule has 2 aromatic rings. The lowest BCUT2D eigenvalue weighted by atomic mass is 9.97. The van der Waals surface area contributed by atoms with Crippen molar-refractivity contribution in [2.24, 2.45) is 0 Å². The fourth-order valence-corrected chi connectivity index (χ4v) is 4.28. The van der Waals surface area contributed by atoms with Crippen LogP contribution in [-0.4, -0.2) is 50.7 Å². The molecule has 0 saturated carbocycles. The highest BCUT2D eigenvalue weighted by molar-refractivity contribution is 7.98. The SMILES string of the molecule is Cc1nc(CSc2nnc(C3CCNCC3)n2C[C@@H]2CCCO2)no1. The predicted molar refractivity (Wildman–Crippen MR) is 92.4 cm³/mol. The smallest absolute Gasteiger partial charge is 0.223 e. The van der Waals surface area contributed by atoms with Gasteiger partial charge in [0.1, 0.15) is 5.82 Å². The van der Waals surface area contributed by atoms with Crippen molar-refractivity contribution in [1.82, 2.24) is 30.2 Å². The van der Waals surface area contributed by atoms with E-state index in [1.54, 1.807) is 18.7 Å². The van der Waals surface area contributed by atoms with E-state index >= 15 is 0 Å². The number of nitrogens with one attached hydrogen (secondary N) is 1. The zero-order valence-electron chi connectivity index (χ0n) is 14.5. The summed E-state index contributed by atoms with van der Waals surface area (Å²) in [7, 11) is 0. The molecular weight excluding hydrogens is 340 g/mol. The number of ether oxygens (including phenoxy) is 1. The van der Waals surface area contributed by atoms with Gasteiger partial charge in [0, 0.05) is 19.4 Å². The van der Waals surface area contributed by atoms with E-state index in [9.17, 15) is 0 Å². The molecule has 0 aliphatic carbocycles. The van der Waals surface area contributed by atoms with E-state index in [2.05, 4.69) is 30.2 Å². The summed E-state index contributed by atoms with van der Waals surface area (Å²) in [5.74, 6) is 3.48. The summed E-state index contributed by atoms with van der Waals surface area (Å²) in [6.45, 7) is 5.58. The van der Waals surface area contributed by atoms with Crippen molar-refractivity contribution in [2.75, 3.05) is 19.7 Å². The Morgan fingerprint density at radius 1 is 1.24 bits per heavy atom. The van der Waals surface area contributed by atoms with Gasteiger partial charge in [0.25, 0.3) is 0 Å². The molecule has 1 atom stereocenters. The number of piperidine rings is 1. The van der Waals surface area contributed by atoms with Crippen LogP contribution in [0, 0.1) is 6.92 Å². The van der Waals surface area contributed by atoms with Crippen LogP contribution in [0.15, 0.2) is 9.68 Å². The Bertz CT molecular complexity index is 691. The summed E-state index contributed by atoms with van der Waals surface area (Å²) < 4.78 is 13.2. The van der Waals surface area contributed by atoms with Gasteiger partial charge in [-0.25, -0.2) is 0 Å². The summed E-state index contributed by atoms with van der Waals surface area (Å²) in [6, 6.07) is 0. The minimum Gasteiger partial charge on any atom is -0.376 e. The lowest BCUT2D eigenvalue weighted by Gasteiger charge is -2.23. The van der Waals surface area contributed by atoms with Crippen molar-refractivity contribution in [3.05, 3.63) is 17.5 Å². The molecule has 2 fully saturated rings. The fraction of sp³-hybridized carbons (Fsp3) is 0.750. The summed E-state index contributed by atoms with van der Waals surface area (Å²) >= 11 is 1.61. The third kappa shape index (κ3) is 4.04. The third-order valence-electron chi connectivity index (χ3n) is 4.76. The van der Waals surface area contributed by atoms with Crippen LogP contribution in [0.25, 0.3) is 0 Å². The maximum absolute atomic E-state index is 5.85. The molecule has 0 amide bonds. The molecule has 8 nitrogen and oxygen atoms in total. The van der Waals surface area contributed by atoms with Gasteiger partial charge in [-0.2, -0.15) is 4.98 Å². The summed E-state index contributed by atoms with van der Waals surface area (Å²) in [5.41, 5.74) is 0. The van der Waals surface area contributed by atoms with Gasteiger partial charge >= 0.3 is 0 Å². The maximum atomic E-state index is 5.85. The van der Waals surface area contributed by atoms with Gasteiger partial charge in [-0.1, -0.05) is 16.9 Å². The van der Waals surface area contributed by atoms with Crippen LogP contribution >= 0.6 is 11.8 Å². The number of aryl methyl sites for hydroxylation is 1. The molecule has 4 rings (SSSR count). The van der Waals surface area contributed by atoms with Crippen molar-refractivity contribution in [1.29, 1.82) is 0 Å². The number of rotatable bonds is 6. The molecule has 0 bridgehead atoms. The van der Waals surface area contributed by atoms with Crippen molar-refractivity contribution in [3.63, 3.8) is 0 Å². The van der Waals surface area contributed by atoms with Crippen molar-refractivity contribution < 1.29 is 9.26 Å². The van der Waals surface area contributed by atoms with Crippen LogP contribution in [0.4, 0.5) is 0 Å². The quantitative estimate of drug-likeness (QED) is 0.777. The molecule has 2 aromatic heterocycles. The Labute approximate surface area is 151 Å².